The molecule has 9 rings (SSSR count). The van der Waals surface area contributed by atoms with Gasteiger partial charge in [-0.2, -0.15) is 5.10 Å². The van der Waals surface area contributed by atoms with Crippen molar-refractivity contribution in [3.63, 3.8) is 0 Å². The molecule has 2 aromatic heterocycles. The zero-order chi connectivity index (χ0) is 52.1. The SMILES string of the molecule is N/C1=C(\N)c2ccccc2N(C(=O)CCC(=O)NCCOCCC(=O)NCCN2CCN(C/C=C/C(=O)N3CCC[C@@H](n4nc(-c5ccc(Oc6ccccc6)cc5)c5c(N)ncnc54)C3)CC2)Cc2ccccc21. The minimum atomic E-state index is -0.266. The molecule has 1 atom stereocenters. The Morgan fingerprint density at radius 2 is 1.40 bits per heavy atom. The van der Waals surface area contributed by atoms with Crippen LogP contribution in [0.2, 0.25) is 0 Å². The number of carbonyl (C=O) groups excluding carboxylic acids is 4. The third kappa shape index (κ3) is 13.0. The van der Waals surface area contributed by atoms with E-state index in [1.807, 2.05) is 119 Å². The van der Waals surface area contributed by atoms with Crippen LogP contribution in [0.5, 0.6) is 11.5 Å². The molecule has 4 aromatic carbocycles. The molecule has 4 amide bonds. The lowest BCUT2D eigenvalue weighted by molar-refractivity contribution is -0.127. The molecular weight excluding hydrogens is 951 g/mol. The molecule has 0 aliphatic carbocycles. The van der Waals surface area contributed by atoms with Crippen LogP contribution in [0.15, 0.2) is 122 Å². The van der Waals surface area contributed by atoms with Crippen LogP contribution in [0.3, 0.4) is 0 Å². The van der Waals surface area contributed by atoms with Gasteiger partial charge in [-0.15, -0.1) is 0 Å². The maximum absolute atomic E-state index is 13.6. The Morgan fingerprint density at radius 1 is 0.707 bits per heavy atom. The maximum Gasteiger partial charge on any atom is 0.246 e. The highest BCUT2D eigenvalue weighted by atomic mass is 16.5. The Bertz CT molecular complexity index is 3030. The van der Waals surface area contributed by atoms with E-state index in [2.05, 4.69) is 30.4 Å². The van der Waals surface area contributed by atoms with Gasteiger partial charge in [-0.3, -0.25) is 29.0 Å². The molecule has 0 bridgehead atoms. The van der Waals surface area contributed by atoms with E-state index in [1.165, 1.54) is 6.33 Å². The number of fused-ring (bicyclic) bond motifs is 3. The smallest absolute Gasteiger partial charge is 0.246 e. The van der Waals surface area contributed by atoms with Crippen LogP contribution in [0.1, 0.15) is 54.8 Å². The van der Waals surface area contributed by atoms with Crippen LogP contribution in [0, 0.1) is 0 Å². The third-order valence-corrected chi connectivity index (χ3v) is 13.8. The number of benzene rings is 4. The highest BCUT2D eigenvalue weighted by molar-refractivity contribution is 6.02. The highest BCUT2D eigenvalue weighted by Crippen LogP contribution is 2.36. The van der Waals surface area contributed by atoms with Crippen molar-refractivity contribution in [1.29, 1.82) is 0 Å². The van der Waals surface area contributed by atoms with Crippen LogP contribution in [0.4, 0.5) is 11.5 Å². The summed E-state index contributed by atoms with van der Waals surface area (Å²) in [6.07, 6.45) is 6.99. The van der Waals surface area contributed by atoms with Crippen molar-refractivity contribution in [2.24, 2.45) is 11.5 Å². The van der Waals surface area contributed by atoms with Crippen molar-refractivity contribution in [2.75, 3.05) is 89.3 Å². The van der Waals surface area contributed by atoms with Gasteiger partial charge >= 0.3 is 0 Å². The average Bonchev–Trinajstić information content (AvgIpc) is 3.84. The second kappa shape index (κ2) is 24.7. The van der Waals surface area contributed by atoms with E-state index in [0.717, 1.165) is 68.0 Å². The predicted octanol–water partition coefficient (Wildman–Crippen LogP) is 4.91. The Labute approximate surface area is 436 Å². The number of piperazine rings is 1. The lowest BCUT2D eigenvalue weighted by Crippen LogP contribution is -2.48. The Hall–Kier alpha value is -8.13. The van der Waals surface area contributed by atoms with E-state index in [9.17, 15) is 19.2 Å². The number of hydrogen-bond acceptors (Lipinski definition) is 14. The zero-order valence-electron chi connectivity index (χ0n) is 42.1. The number of rotatable bonds is 19. The summed E-state index contributed by atoms with van der Waals surface area (Å²) in [5.74, 6) is 1.20. The first-order valence-corrected chi connectivity index (χ1v) is 25.7. The van der Waals surface area contributed by atoms with Gasteiger partial charge in [0.25, 0.3) is 0 Å². The summed E-state index contributed by atoms with van der Waals surface area (Å²) in [5.41, 5.74) is 25.4. The molecule has 390 valence electrons. The van der Waals surface area contributed by atoms with Gasteiger partial charge in [-0.05, 0) is 60.9 Å². The lowest BCUT2D eigenvalue weighted by atomic mass is 9.96. The largest absolute Gasteiger partial charge is 0.457 e. The number of aromatic nitrogens is 4. The third-order valence-electron chi connectivity index (χ3n) is 13.8. The first-order chi connectivity index (χ1) is 36.6. The zero-order valence-corrected chi connectivity index (χ0v) is 42.1. The summed E-state index contributed by atoms with van der Waals surface area (Å²) in [7, 11) is 0. The van der Waals surface area contributed by atoms with Gasteiger partial charge in [-0.25, -0.2) is 14.6 Å². The molecule has 2 saturated heterocycles. The van der Waals surface area contributed by atoms with Gasteiger partial charge in [0.1, 0.15) is 29.3 Å². The first-order valence-electron chi connectivity index (χ1n) is 25.7. The van der Waals surface area contributed by atoms with Gasteiger partial charge in [0.2, 0.25) is 23.6 Å². The molecule has 6 aromatic rings. The van der Waals surface area contributed by atoms with E-state index in [1.54, 1.807) is 11.0 Å². The van der Waals surface area contributed by atoms with E-state index in [-0.39, 0.29) is 68.7 Å². The second-order valence-corrected chi connectivity index (χ2v) is 18.9. The minimum Gasteiger partial charge on any atom is -0.457 e. The molecule has 0 unspecified atom stereocenters. The summed E-state index contributed by atoms with van der Waals surface area (Å²) in [4.78, 5) is 69.4. The maximum atomic E-state index is 13.6. The van der Waals surface area contributed by atoms with E-state index >= 15 is 0 Å². The summed E-state index contributed by atoms with van der Waals surface area (Å²) < 4.78 is 13.5. The highest BCUT2D eigenvalue weighted by Gasteiger charge is 2.29. The molecule has 0 radical (unpaired) electrons. The Morgan fingerprint density at radius 3 is 2.21 bits per heavy atom. The van der Waals surface area contributed by atoms with Gasteiger partial charge in [0, 0.05) is 107 Å². The average molecular weight is 1020 g/mol. The van der Waals surface area contributed by atoms with Gasteiger partial charge in [0.15, 0.2) is 5.65 Å². The summed E-state index contributed by atoms with van der Waals surface area (Å²) in [6.45, 7) is 7.54. The molecule has 2 fully saturated rings. The van der Waals surface area contributed by atoms with Crippen LogP contribution < -0.4 is 37.5 Å². The van der Waals surface area contributed by atoms with Crippen LogP contribution in [-0.2, 0) is 30.5 Å². The van der Waals surface area contributed by atoms with Crippen molar-refractivity contribution in [1.82, 2.24) is 45.1 Å². The van der Waals surface area contributed by atoms with Crippen molar-refractivity contribution < 1.29 is 28.7 Å². The number of nitrogens with one attached hydrogen (secondary N) is 2. The summed E-state index contributed by atoms with van der Waals surface area (Å²) in [5, 5.41) is 11.5. The van der Waals surface area contributed by atoms with Gasteiger partial charge < -0.3 is 47.1 Å². The molecule has 0 saturated carbocycles. The van der Waals surface area contributed by atoms with Crippen molar-refractivity contribution >= 4 is 57.6 Å². The topological polar surface area (TPSA) is 245 Å². The number of carbonyl (C=O) groups is 4. The number of piperidine rings is 1. The number of ether oxygens (including phenoxy) is 2. The normalized spacial score (nSPS) is 17.3. The van der Waals surface area contributed by atoms with Crippen LogP contribution in [0.25, 0.3) is 33.7 Å². The van der Waals surface area contributed by atoms with Crippen molar-refractivity contribution in [3.05, 3.63) is 138 Å². The molecule has 3 aliphatic rings. The number of nitrogens with two attached hydrogens (primary N) is 3. The van der Waals surface area contributed by atoms with E-state index < -0.39 is 0 Å². The number of anilines is 2. The lowest BCUT2D eigenvalue weighted by Gasteiger charge is -2.34. The molecule has 3 aliphatic heterocycles. The Balaban J connectivity index is 0.636. The fourth-order valence-corrected chi connectivity index (χ4v) is 9.76. The number of nitrogens with zero attached hydrogens (tertiary/aromatic N) is 8. The number of amides is 4. The van der Waals surface area contributed by atoms with Crippen LogP contribution >= 0.6 is 0 Å². The Kier molecular flexibility index (Phi) is 17.1. The van der Waals surface area contributed by atoms with Crippen LogP contribution in [-0.4, -0.2) is 137 Å². The monoisotopic (exact) mass is 1020 g/mol. The first kappa shape index (κ1) is 51.8. The molecule has 19 nitrogen and oxygen atoms in total. The van der Waals surface area contributed by atoms with Gasteiger partial charge in [-0.1, -0.05) is 66.7 Å². The van der Waals surface area contributed by atoms with E-state index in [0.29, 0.717) is 83.7 Å². The fraction of sp³-hybridized carbons (Fsp3) is 0.339. The molecule has 0 spiro atoms. The molecular formula is C56H65N13O6. The number of likely N-dealkylation sites (tertiary alicyclic amines) is 1. The fourth-order valence-electron chi connectivity index (χ4n) is 9.76. The molecule has 75 heavy (non-hydrogen) atoms. The number of hydrogen-bond donors (Lipinski definition) is 5. The molecule has 19 heteroatoms. The summed E-state index contributed by atoms with van der Waals surface area (Å²) in [6, 6.07) is 32.2. The molecule has 5 heterocycles. The van der Waals surface area contributed by atoms with Crippen molar-refractivity contribution in [2.45, 2.75) is 44.7 Å². The van der Waals surface area contributed by atoms with E-state index in [4.69, 9.17) is 31.8 Å². The quantitative estimate of drug-likeness (QED) is 0.0535. The minimum absolute atomic E-state index is 0.00646. The molecule has 8 N–H and O–H groups in total. The second-order valence-electron chi connectivity index (χ2n) is 18.9. The van der Waals surface area contributed by atoms with Gasteiger partial charge in [0.05, 0.1) is 48.3 Å². The predicted molar refractivity (Wildman–Crippen MR) is 289 cm³/mol. The number of nitrogen functional groups attached to an aromatic ring is 1. The summed E-state index contributed by atoms with van der Waals surface area (Å²) >= 11 is 0. The standard InChI is InChI=1S/C56H65N13O6/c57-52-44-14-5-4-10-40(44)36-68(46-16-7-6-15-45(46)53(52)58)50(73)23-22-47(70)61-26-35-74-34-24-48(71)60-25-29-66-32-30-65(31-33-66)27-9-17-49(72)67-28-8-11-41(37-67)69-56-51(55(59)62-38-63-56)54(64-69)39-18-20-43(21-19-39)75-42-12-2-1-3-13-42/h1-7,9-10,12-21,38,41H,8,11,22-37,57-58H2,(H,60,71)(H,61,70)(H2,59,62,63)/b17-9+,53-52-/t41-/m1/s1. The number of para-hydroxylation sites is 2. The van der Waals surface area contributed by atoms with Crippen molar-refractivity contribution in [3.8, 4) is 22.8 Å².